The third-order valence-electron chi connectivity index (χ3n) is 3.29. The van der Waals surface area contributed by atoms with Gasteiger partial charge in [-0.15, -0.1) is 0 Å². The van der Waals surface area contributed by atoms with Crippen LogP contribution < -0.4 is 4.90 Å². The van der Waals surface area contributed by atoms with Crippen LogP contribution in [0.4, 0.5) is 5.69 Å². The SMILES string of the molecule is CN(C)c1ccc2c(c1)Cc1ccccc1-2.[Cl][Zr][Cl]. The summed E-state index contributed by atoms with van der Waals surface area (Å²) in [5.41, 5.74) is 7.00. The Bertz CT molecular complexity index is 570. The number of nitrogens with zero attached hydrogens (tertiary/aromatic N) is 1. The zero-order valence-corrected chi connectivity index (χ0v) is 14.9. The molecule has 98 valence electrons. The van der Waals surface area contributed by atoms with Gasteiger partial charge in [-0.05, 0) is 40.8 Å². The van der Waals surface area contributed by atoms with Crippen LogP contribution in [0.25, 0.3) is 11.1 Å². The van der Waals surface area contributed by atoms with Gasteiger partial charge in [-0.25, -0.2) is 0 Å². The van der Waals surface area contributed by atoms with E-state index in [9.17, 15) is 0 Å². The first kappa shape index (κ1) is 15.1. The van der Waals surface area contributed by atoms with Gasteiger partial charge >= 0.3 is 37.9 Å². The van der Waals surface area contributed by atoms with Gasteiger partial charge in [0.15, 0.2) is 0 Å². The molecule has 0 spiro atoms. The van der Waals surface area contributed by atoms with E-state index in [1.807, 2.05) is 0 Å². The topological polar surface area (TPSA) is 3.24 Å². The Balaban J connectivity index is 0.000000408. The number of anilines is 1. The molecule has 4 heteroatoms. The van der Waals surface area contributed by atoms with Gasteiger partial charge in [0, 0.05) is 19.8 Å². The Morgan fingerprint density at radius 3 is 2.26 bits per heavy atom. The molecule has 0 heterocycles. The molecular weight excluding hydrogens is 356 g/mol. The van der Waals surface area contributed by atoms with Gasteiger partial charge in [0.1, 0.15) is 0 Å². The van der Waals surface area contributed by atoms with E-state index in [2.05, 4.69) is 61.5 Å². The van der Waals surface area contributed by atoms with Gasteiger partial charge in [0.05, 0.1) is 0 Å². The summed E-state index contributed by atoms with van der Waals surface area (Å²) < 4.78 is 0. The number of benzene rings is 2. The van der Waals surface area contributed by atoms with Gasteiger partial charge in [0.25, 0.3) is 0 Å². The first-order valence-electron chi connectivity index (χ1n) is 6.02. The van der Waals surface area contributed by atoms with Crippen LogP contribution in [-0.4, -0.2) is 14.1 Å². The summed E-state index contributed by atoms with van der Waals surface area (Å²) in [6.07, 6.45) is 1.08. The molecule has 0 saturated heterocycles. The Morgan fingerprint density at radius 2 is 1.58 bits per heavy atom. The first-order chi connectivity index (χ1) is 9.17. The van der Waals surface area contributed by atoms with E-state index in [1.54, 1.807) is 0 Å². The van der Waals surface area contributed by atoms with Gasteiger partial charge in [-0.3, -0.25) is 0 Å². The zero-order chi connectivity index (χ0) is 13.8. The van der Waals surface area contributed by atoms with Crippen molar-refractivity contribution in [3.05, 3.63) is 53.6 Å². The fourth-order valence-electron chi connectivity index (χ4n) is 2.41. The third kappa shape index (κ3) is 3.42. The summed E-state index contributed by atoms with van der Waals surface area (Å²) in [5.74, 6) is 0. The van der Waals surface area contributed by atoms with Crippen molar-refractivity contribution in [3.63, 3.8) is 0 Å². The summed E-state index contributed by atoms with van der Waals surface area (Å²) in [7, 11) is 14.0. The maximum atomic E-state index is 4.93. The Morgan fingerprint density at radius 1 is 0.947 bits per heavy atom. The van der Waals surface area contributed by atoms with Crippen molar-refractivity contribution in [1.29, 1.82) is 0 Å². The van der Waals surface area contributed by atoms with Crippen LogP contribution in [-0.2, 0) is 27.3 Å². The van der Waals surface area contributed by atoms with Crippen molar-refractivity contribution in [2.45, 2.75) is 6.42 Å². The third-order valence-corrected chi connectivity index (χ3v) is 3.29. The van der Waals surface area contributed by atoms with Gasteiger partial charge < -0.3 is 4.90 Å². The minimum atomic E-state index is -0.826. The molecule has 0 N–H and O–H groups in total. The summed E-state index contributed by atoms with van der Waals surface area (Å²) in [6.45, 7) is 0. The molecular formula is C15H15Cl2NZr. The van der Waals surface area contributed by atoms with Crippen LogP contribution >= 0.6 is 17.0 Å². The first-order valence-corrected chi connectivity index (χ1v) is 12.3. The summed E-state index contributed by atoms with van der Waals surface area (Å²) in [6, 6.07) is 15.4. The van der Waals surface area contributed by atoms with Crippen molar-refractivity contribution in [1.82, 2.24) is 0 Å². The molecule has 19 heavy (non-hydrogen) atoms. The molecule has 0 amide bonds. The number of rotatable bonds is 1. The van der Waals surface area contributed by atoms with Crippen molar-refractivity contribution < 1.29 is 20.8 Å². The van der Waals surface area contributed by atoms with E-state index in [0.717, 1.165) is 6.42 Å². The zero-order valence-electron chi connectivity index (χ0n) is 11.0. The van der Waals surface area contributed by atoms with E-state index in [1.165, 1.54) is 27.9 Å². The fraction of sp³-hybridized carbons (Fsp3) is 0.200. The van der Waals surface area contributed by atoms with E-state index in [0.29, 0.717) is 0 Å². The number of hydrogen-bond acceptors (Lipinski definition) is 1. The molecule has 1 aliphatic carbocycles. The molecule has 1 nitrogen and oxygen atoms in total. The van der Waals surface area contributed by atoms with Crippen LogP contribution in [0.5, 0.6) is 0 Å². The molecule has 0 aromatic heterocycles. The van der Waals surface area contributed by atoms with E-state index < -0.39 is 20.8 Å². The van der Waals surface area contributed by atoms with Gasteiger partial charge in [-0.1, -0.05) is 30.3 Å². The predicted molar refractivity (Wildman–Crippen MR) is 80.7 cm³/mol. The second-order valence-corrected chi connectivity index (χ2v) is 8.37. The fourth-order valence-corrected chi connectivity index (χ4v) is 2.41. The summed E-state index contributed by atoms with van der Waals surface area (Å²) in [5, 5.41) is 0. The Labute approximate surface area is 133 Å². The standard InChI is InChI=1S/C15H15N.2ClH.Zr/c1-16(2)13-7-8-15-12(10-13)9-11-5-3-4-6-14(11)15;;;/h3-8,10H,9H2,1-2H3;2*1H;/q;;;+2/p-2. The Hall–Kier alpha value is -0.297. The molecule has 2 aromatic rings. The van der Waals surface area contributed by atoms with Gasteiger partial charge in [0.2, 0.25) is 0 Å². The van der Waals surface area contributed by atoms with Crippen molar-refractivity contribution in [3.8, 4) is 11.1 Å². The predicted octanol–water partition coefficient (Wildman–Crippen LogP) is 4.70. The molecule has 0 bridgehead atoms. The van der Waals surface area contributed by atoms with Crippen molar-refractivity contribution >= 4 is 22.7 Å². The van der Waals surface area contributed by atoms with Gasteiger partial charge in [-0.2, -0.15) is 0 Å². The second kappa shape index (κ2) is 6.93. The van der Waals surface area contributed by atoms with Crippen LogP contribution in [0, 0.1) is 0 Å². The molecule has 2 aromatic carbocycles. The van der Waals surface area contributed by atoms with Crippen LogP contribution in [0.2, 0.25) is 0 Å². The monoisotopic (exact) mass is 369 g/mol. The maximum absolute atomic E-state index is 4.93. The molecule has 1 aliphatic rings. The molecule has 0 radical (unpaired) electrons. The normalized spacial score (nSPS) is 10.9. The molecule has 0 atom stereocenters. The molecule has 0 saturated carbocycles. The summed E-state index contributed by atoms with van der Waals surface area (Å²) >= 11 is -0.826. The number of halogens is 2. The quantitative estimate of drug-likeness (QED) is 0.599. The van der Waals surface area contributed by atoms with Crippen molar-refractivity contribution in [2.24, 2.45) is 0 Å². The molecule has 0 aliphatic heterocycles. The van der Waals surface area contributed by atoms with Crippen LogP contribution in [0.3, 0.4) is 0 Å². The van der Waals surface area contributed by atoms with Crippen LogP contribution in [0.1, 0.15) is 11.1 Å². The van der Waals surface area contributed by atoms with Crippen LogP contribution in [0.15, 0.2) is 42.5 Å². The van der Waals surface area contributed by atoms with Crippen molar-refractivity contribution in [2.75, 3.05) is 19.0 Å². The second-order valence-electron chi connectivity index (χ2n) is 4.64. The minimum absolute atomic E-state index is 0.826. The van der Waals surface area contributed by atoms with E-state index >= 15 is 0 Å². The molecule has 0 unspecified atom stereocenters. The Kier molecular flexibility index (Phi) is 5.50. The average Bonchev–Trinajstić information content (AvgIpc) is 2.77. The molecule has 3 rings (SSSR count). The van der Waals surface area contributed by atoms with E-state index in [-0.39, 0.29) is 0 Å². The summed E-state index contributed by atoms with van der Waals surface area (Å²) in [4.78, 5) is 2.16. The average molecular weight is 371 g/mol. The molecule has 0 fully saturated rings. The van der Waals surface area contributed by atoms with E-state index in [4.69, 9.17) is 17.0 Å². The number of hydrogen-bond donors (Lipinski definition) is 0. The number of fused-ring (bicyclic) bond motifs is 3.